The zero-order chi connectivity index (χ0) is 18.4. The molecule has 0 atom stereocenters. The Morgan fingerprint density at radius 1 is 1.36 bits per heavy atom. The Hall–Kier alpha value is -2.72. The van der Waals surface area contributed by atoms with Gasteiger partial charge in [-0.15, -0.1) is 0 Å². The van der Waals surface area contributed by atoms with Gasteiger partial charge in [-0.2, -0.15) is 5.26 Å². The molecule has 0 amide bonds. The van der Waals surface area contributed by atoms with Gasteiger partial charge in [-0.1, -0.05) is 26.0 Å². The molecule has 1 aromatic carbocycles. The van der Waals surface area contributed by atoms with Gasteiger partial charge in [-0.3, -0.25) is 19.5 Å². The van der Waals surface area contributed by atoms with E-state index in [2.05, 4.69) is 22.0 Å². The molecule has 6 nitrogen and oxygen atoms in total. The van der Waals surface area contributed by atoms with Gasteiger partial charge in [0.2, 0.25) is 0 Å². The second-order valence-corrected chi connectivity index (χ2v) is 7.57. The Labute approximate surface area is 152 Å². The average molecular weight is 400 g/mol. The van der Waals surface area contributed by atoms with E-state index in [1.807, 2.05) is 26.0 Å². The van der Waals surface area contributed by atoms with E-state index in [9.17, 15) is 20.2 Å². The molecule has 0 bridgehead atoms. The predicted octanol–water partition coefficient (Wildman–Crippen LogP) is 3.86. The van der Waals surface area contributed by atoms with Crippen molar-refractivity contribution < 1.29 is 4.92 Å². The van der Waals surface area contributed by atoms with Crippen LogP contribution in [0.25, 0.3) is 5.70 Å². The second kappa shape index (κ2) is 5.97. The van der Waals surface area contributed by atoms with Crippen molar-refractivity contribution in [2.75, 3.05) is 0 Å². The zero-order valence-electron chi connectivity index (χ0n) is 13.6. The summed E-state index contributed by atoms with van der Waals surface area (Å²) >= 11 is 3.23. The quantitative estimate of drug-likeness (QED) is 0.566. The first kappa shape index (κ1) is 17.1. The Bertz CT molecular complexity index is 1030. The van der Waals surface area contributed by atoms with Crippen LogP contribution < -0.4 is 5.56 Å². The summed E-state index contributed by atoms with van der Waals surface area (Å²) in [5, 5.41) is 20.4. The number of halogens is 1. The van der Waals surface area contributed by atoms with Crippen molar-refractivity contribution in [1.29, 1.82) is 5.26 Å². The largest absolute Gasteiger partial charge is 0.335 e. The minimum Gasteiger partial charge on any atom is -0.277 e. The molecule has 126 valence electrons. The number of fused-ring (bicyclic) bond motifs is 1. The van der Waals surface area contributed by atoms with Crippen LogP contribution >= 0.6 is 15.9 Å². The number of pyridine rings is 1. The SMILES string of the molecule is CC1(C)C=C(n2cc(Br)cc([N+](=O)[O-])c2=O)c2cc(C#N)ccc2C1. The lowest BCUT2D eigenvalue weighted by Gasteiger charge is -2.30. The topological polar surface area (TPSA) is 88.9 Å². The number of allylic oxidation sites excluding steroid dienone is 1. The van der Waals surface area contributed by atoms with Gasteiger partial charge in [0.05, 0.1) is 22.3 Å². The molecule has 7 heteroatoms. The van der Waals surface area contributed by atoms with E-state index in [0.717, 1.165) is 17.5 Å². The van der Waals surface area contributed by atoms with Crippen LogP contribution in [0, 0.1) is 26.9 Å². The van der Waals surface area contributed by atoms with Crippen LogP contribution in [-0.2, 0) is 6.42 Å². The molecule has 0 radical (unpaired) electrons. The van der Waals surface area contributed by atoms with Crippen molar-refractivity contribution in [1.82, 2.24) is 4.57 Å². The summed E-state index contributed by atoms with van der Waals surface area (Å²) in [7, 11) is 0. The van der Waals surface area contributed by atoms with Crippen LogP contribution in [0.15, 0.2) is 45.8 Å². The molecule has 0 unspecified atom stereocenters. The standard InChI is InChI=1S/C18H14BrN3O3/c1-18(2)7-12-4-3-11(9-20)5-14(12)16(8-18)21-10-13(19)6-15(17(21)23)22(24)25/h3-6,8,10H,7H2,1-2H3. The van der Waals surface area contributed by atoms with Gasteiger partial charge in [0.15, 0.2) is 0 Å². The molecule has 0 fully saturated rings. The van der Waals surface area contributed by atoms with Gasteiger partial charge >= 0.3 is 11.2 Å². The van der Waals surface area contributed by atoms with E-state index < -0.39 is 16.2 Å². The average Bonchev–Trinajstić information content (AvgIpc) is 2.54. The van der Waals surface area contributed by atoms with Gasteiger partial charge in [0.1, 0.15) is 0 Å². The third-order valence-corrected chi connectivity index (χ3v) is 4.54. The Morgan fingerprint density at radius 2 is 2.08 bits per heavy atom. The highest BCUT2D eigenvalue weighted by molar-refractivity contribution is 9.10. The fourth-order valence-electron chi connectivity index (χ4n) is 3.07. The molecule has 0 saturated carbocycles. The number of benzene rings is 1. The molecule has 1 heterocycles. The van der Waals surface area contributed by atoms with E-state index in [0.29, 0.717) is 15.7 Å². The molecule has 3 rings (SSSR count). The number of hydrogen-bond donors (Lipinski definition) is 0. The van der Waals surface area contributed by atoms with Gasteiger partial charge < -0.3 is 0 Å². The fourth-order valence-corrected chi connectivity index (χ4v) is 3.49. The number of nitrogens with zero attached hydrogens (tertiary/aromatic N) is 3. The van der Waals surface area contributed by atoms with Crippen LogP contribution in [-0.4, -0.2) is 9.49 Å². The van der Waals surface area contributed by atoms with Crippen LogP contribution in [0.4, 0.5) is 5.69 Å². The monoisotopic (exact) mass is 399 g/mol. The van der Waals surface area contributed by atoms with Gasteiger partial charge in [-0.25, -0.2) is 0 Å². The first-order chi connectivity index (χ1) is 11.7. The molecule has 0 spiro atoms. The fraction of sp³-hybridized carbons (Fsp3) is 0.222. The summed E-state index contributed by atoms with van der Waals surface area (Å²) in [6.07, 6.45) is 4.20. The Kier molecular flexibility index (Phi) is 4.09. The number of aromatic nitrogens is 1. The van der Waals surface area contributed by atoms with Crippen molar-refractivity contribution in [3.8, 4) is 6.07 Å². The van der Waals surface area contributed by atoms with Crippen molar-refractivity contribution in [3.63, 3.8) is 0 Å². The van der Waals surface area contributed by atoms with Gasteiger partial charge in [0.25, 0.3) is 0 Å². The minimum absolute atomic E-state index is 0.229. The molecule has 0 aliphatic heterocycles. The zero-order valence-corrected chi connectivity index (χ0v) is 15.2. The predicted molar refractivity (Wildman–Crippen MR) is 97.1 cm³/mol. The molecule has 0 saturated heterocycles. The molecular formula is C18H14BrN3O3. The number of rotatable bonds is 2. The van der Waals surface area contributed by atoms with Crippen molar-refractivity contribution >= 4 is 27.3 Å². The second-order valence-electron chi connectivity index (χ2n) is 6.65. The van der Waals surface area contributed by atoms with E-state index in [-0.39, 0.29) is 5.41 Å². The van der Waals surface area contributed by atoms with Crippen molar-refractivity contribution in [3.05, 3.63) is 78.2 Å². The normalized spacial score (nSPS) is 15.0. The summed E-state index contributed by atoms with van der Waals surface area (Å²) in [5.41, 5.74) is 1.33. The number of nitriles is 1. The molecule has 0 N–H and O–H groups in total. The summed E-state index contributed by atoms with van der Waals surface area (Å²) in [4.78, 5) is 23.1. The lowest BCUT2D eigenvalue weighted by atomic mass is 9.77. The van der Waals surface area contributed by atoms with Crippen LogP contribution in [0.2, 0.25) is 0 Å². The summed E-state index contributed by atoms with van der Waals surface area (Å²) in [6.45, 7) is 4.07. The molecule has 1 aliphatic carbocycles. The smallest absolute Gasteiger partial charge is 0.277 e. The van der Waals surface area contributed by atoms with Crippen LogP contribution in [0.1, 0.15) is 30.5 Å². The molecule has 25 heavy (non-hydrogen) atoms. The maximum absolute atomic E-state index is 12.6. The maximum atomic E-state index is 12.6. The molecule has 2 aromatic rings. The van der Waals surface area contributed by atoms with Crippen molar-refractivity contribution in [2.24, 2.45) is 5.41 Å². The third kappa shape index (κ3) is 3.13. The van der Waals surface area contributed by atoms with Gasteiger partial charge in [-0.05, 0) is 45.5 Å². The van der Waals surface area contributed by atoms with Crippen molar-refractivity contribution in [2.45, 2.75) is 20.3 Å². The summed E-state index contributed by atoms with van der Waals surface area (Å²) in [5.74, 6) is 0. The summed E-state index contributed by atoms with van der Waals surface area (Å²) < 4.78 is 1.71. The minimum atomic E-state index is -0.703. The van der Waals surface area contributed by atoms with Gasteiger partial charge in [0, 0.05) is 22.3 Å². The van der Waals surface area contributed by atoms with E-state index >= 15 is 0 Å². The molecule has 1 aromatic heterocycles. The number of nitro groups is 1. The number of hydrogen-bond acceptors (Lipinski definition) is 4. The molecular weight excluding hydrogens is 386 g/mol. The molecule has 1 aliphatic rings. The van der Waals surface area contributed by atoms with E-state index in [4.69, 9.17) is 0 Å². The third-order valence-electron chi connectivity index (χ3n) is 4.11. The van der Waals surface area contributed by atoms with E-state index in [1.54, 1.807) is 12.1 Å². The highest BCUT2D eigenvalue weighted by Gasteiger charge is 2.28. The summed E-state index contributed by atoms with van der Waals surface area (Å²) in [6, 6.07) is 8.62. The first-order valence-corrected chi connectivity index (χ1v) is 8.34. The van der Waals surface area contributed by atoms with E-state index in [1.165, 1.54) is 16.8 Å². The Balaban J connectivity index is 2.34. The highest BCUT2D eigenvalue weighted by atomic mass is 79.9. The van der Waals surface area contributed by atoms with Crippen LogP contribution in [0.3, 0.4) is 0 Å². The first-order valence-electron chi connectivity index (χ1n) is 7.55. The maximum Gasteiger partial charge on any atom is 0.335 e. The lowest BCUT2D eigenvalue weighted by molar-refractivity contribution is -0.386. The Morgan fingerprint density at radius 3 is 2.72 bits per heavy atom. The van der Waals surface area contributed by atoms with Crippen LogP contribution in [0.5, 0.6) is 0 Å². The lowest BCUT2D eigenvalue weighted by Crippen LogP contribution is -2.27. The highest BCUT2D eigenvalue weighted by Crippen LogP contribution is 2.37.